The van der Waals surface area contributed by atoms with Crippen LogP contribution in [0.3, 0.4) is 0 Å². The maximum atomic E-state index is 14.0. The van der Waals surface area contributed by atoms with Gasteiger partial charge in [-0.25, -0.2) is 0 Å². The molecule has 4 fully saturated rings. The van der Waals surface area contributed by atoms with Crippen LogP contribution < -0.4 is 0 Å². The molecule has 4 aliphatic carbocycles. The van der Waals surface area contributed by atoms with Crippen LogP contribution in [0.25, 0.3) is 0 Å². The van der Waals surface area contributed by atoms with Crippen molar-refractivity contribution in [1.82, 2.24) is 0 Å². The summed E-state index contributed by atoms with van der Waals surface area (Å²) in [5.41, 5.74) is 0.118. The number of carbonyl (C=O) groups is 4. The normalized spacial score (nSPS) is 41.5. The van der Waals surface area contributed by atoms with E-state index in [1.807, 2.05) is 0 Å². The Kier molecular flexibility index (Phi) is 7.00. The van der Waals surface area contributed by atoms with E-state index in [0.29, 0.717) is 48.6 Å². The van der Waals surface area contributed by atoms with Gasteiger partial charge < -0.3 is 9.47 Å². The van der Waals surface area contributed by atoms with Crippen LogP contribution in [0.2, 0.25) is 0 Å². The molecule has 0 heterocycles. The van der Waals surface area contributed by atoms with Gasteiger partial charge in [0.15, 0.2) is 5.92 Å². The second-order valence-electron chi connectivity index (χ2n) is 12.0. The molecule has 6 nitrogen and oxygen atoms in total. The van der Waals surface area contributed by atoms with E-state index in [1.54, 1.807) is 0 Å². The summed E-state index contributed by atoms with van der Waals surface area (Å²) in [6, 6.07) is 0. The summed E-state index contributed by atoms with van der Waals surface area (Å²) in [5, 5.41) is 0. The van der Waals surface area contributed by atoms with Gasteiger partial charge in [-0.2, -0.15) is 0 Å². The van der Waals surface area contributed by atoms with Crippen molar-refractivity contribution in [2.75, 3.05) is 14.2 Å². The second-order valence-corrected chi connectivity index (χ2v) is 12.0. The number of fused-ring (bicyclic) bond motifs is 5. The molecule has 0 amide bonds. The lowest BCUT2D eigenvalue weighted by Crippen LogP contribution is -2.60. The van der Waals surface area contributed by atoms with Gasteiger partial charge >= 0.3 is 11.9 Å². The monoisotopic (exact) mass is 474 g/mol. The highest BCUT2D eigenvalue weighted by Crippen LogP contribution is 2.68. The summed E-state index contributed by atoms with van der Waals surface area (Å²) >= 11 is 0. The SMILES string of the molecule is CCC1C(=O)C2C3CCC(CCC(C(=O)OC)C(=O)OC)C3(C)CCC2C2(C)CCC(=O)CC12. The zero-order valence-electron chi connectivity index (χ0n) is 21.6. The summed E-state index contributed by atoms with van der Waals surface area (Å²) in [4.78, 5) is 50.7. The van der Waals surface area contributed by atoms with Gasteiger partial charge in [0, 0.05) is 24.7 Å². The smallest absolute Gasteiger partial charge is 0.320 e. The van der Waals surface area contributed by atoms with Crippen LogP contribution in [0.4, 0.5) is 0 Å². The third kappa shape index (κ3) is 3.83. The third-order valence-corrected chi connectivity index (χ3v) is 10.9. The molecule has 4 saturated carbocycles. The molecule has 4 aliphatic rings. The van der Waals surface area contributed by atoms with E-state index in [1.165, 1.54) is 14.2 Å². The Morgan fingerprint density at radius 3 is 2.21 bits per heavy atom. The maximum Gasteiger partial charge on any atom is 0.320 e. The molecule has 0 aromatic carbocycles. The van der Waals surface area contributed by atoms with Crippen LogP contribution >= 0.6 is 0 Å². The Morgan fingerprint density at radius 2 is 1.59 bits per heavy atom. The molecule has 0 bridgehead atoms. The Labute approximate surface area is 203 Å². The summed E-state index contributed by atoms with van der Waals surface area (Å²) in [6.07, 6.45) is 8.35. The Morgan fingerprint density at radius 1 is 0.941 bits per heavy atom. The molecule has 0 saturated heterocycles. The topological polar surface area (TPSA) is 86.7 Å². The number of methoxy groups -OCH3 is 2. The minimum atomic E-state index is -0.880. The summed E-state index contributed by atoms with van der Waals surface area (Å²) in [5.74, 6) is 0.191. The molecular weight excluding hydrogens is 432 g/mol. The lowest BCUT2D eigenvalue weighted by molar-refractivity contribution is -0.169. The van der Waals surface area contributed by atoms with Crippen molar-refractivity contribution in [3.8, 4) is 0 Å². The standard InChI is InChI=1S/C28H42O6/c1-6-18-22-15-17(29)11-13-28(22,3)21-12-14-27(2)16(8-10-20(27)23(21)24(18)30)7-9-19(25(31)33-4)26(32)34-5/h16,18-23H,6-15H2,1-5H3. The number of Topliss-reactive ketones (excluding diaryl/α,β-unsaturated/α-hetero) is 2. The van der Waals surface area contributed by atoms with E-state index in [4.69, 9.17) is 9.47 Å². The number of carbonyl (C=O) groups excluding carboxylic acids is 4. The van der Waals surface area contributed by atoms with Crippen molar-refractivity contribution in [2.24, 2.45) is 52.3 Å². The molecule has 0 aromatic rings. The Bertz CT molecular complexity index is 834. The van der Waals surface area contributed by atoms with E-state index in [0.717, 1.165) is 44.9 Å². The summed E-state index contributed by atoms with van der Waals surface area (Å²) in [6.45, 7) is 6.84. The number of ether oxygens (including phenoxy) is 2. The van der Waals surface area contributed by atoms with Crippen LogP contribution in [0.5, 0.6) is 0 Å². The average molecular weight is 475 g/mol. The van der Waals surface area contributed by atoms with Crippen molar-refractivity contribution in [1.29, 1.82) is 0 Å². The molecule has 4 rings (SSSR count). The first-order valence-corrected chi connectivity index (χ1v) is 13.3. The van der Waals surface area contributed by atoms with E-state index < -0.39 is 17.9 Å². The van der Waals surface area contributed by atoms with Gasteiger partial charge in [-0.05, 0) is 85.9 Å². The zero-order chi connectivity index (χ0) is 24.8. The fourth-order valence-electron chi connectivity index (χ4n) is 9.01. The van der Waals surface area contributed by atoms with E-state index in [9.17, 15) is 19.2 Å². The van der Waals surface area contributed by atoms with Crippen molar-refractivity contribution >= 4 is 23.5 Å². The number of rotatable bonds is 6. The van der Waals surface area contributed by atoms with Gasteiger partial charge in [0.2, 0.25) is 0 Å². The lowest BCUT2D eigenvalue weighted by atomic mass is 9.42. The fraction of sp³-hybridized carbons (Fsp3) is 0.857. The van der Waals surface area contributed by atoms with Crippen molar-refractivity contribution in [2.45, 2.75) is 85.0 Å². The second kappa shape index (κ2) is 9.39. The lowest BCUT2D eigenvalue weighted by Gasteiger charge is -2.61. The van der Waals surface area contributed by atoms with E-state index in [2.05, 4.69) is 20.8 Å². The van der Waals surface area contributed by atoms with Gasteiger partial charge in [0.1, 0.15) is 11.6 Å². The van der Waals surface area contributed by atoms with Gasteiger partial charge in [0.05, 0.1) is 14.2 Å². The summed E-state index contributed by atoms with van der Waals surface area (Å²) in [7, 11) is 2.61. The molecule has 0 aliphatic heterocycles. The quantitative estimate of drug-likeness (QED) is 0.407. The minimum absolute atomic E-state index is 0.0000654. The molecule has 190 valence electrons. The molecule has 0 radical (unpaired) electrons. The molecule has 8 unspecified atom stereocenters. The van der Waals surface area contributed by atoms with E-state index in [-0.39, 0.29) is 28.6 Å². The number of ketones is 2. The first-order chi connectivity index (χ1) is 16.1. The Balaban J connectivity index is 1.56. The molecule has 0 spiro atoms. The molecular formula is C28H42O6. The van der Waals surface area contributed by atoms with Crippen molar-refractivity contribution < 1.29 is 28.7 Å². The van der Waals surface area contributed by atoms with E-state index >= 15 is 0 Å². The zero-order valence-corrected chi connectivity index (χ0v) is 21.6. The predicted octanol–water partition coefficient (Wildman–Crippen LogP) is 4.77. The number of hydrogen-bond acceptors (Lipinski definition) is 6. The highest BCUT2D eigenvalue weighted by molar-refractivity contribution is 5.94. The van der Waals surface area contributed by atoms with Crippen molar-refractivity contribution in [3.05, 3.63) is 0 Å². The van der Waals surface area contributed by atoms with Gasteiger partial charge in [-0.1, -0.05) is 20.8 Å². The largest absolute Gasteiger partial charge is 0.468 e. The molecule has 8 atom stereocenters. The summed E-state index contributed by atoms with van der Waals surface area (Å²) < 4.78 is 9.70. The Hall–Kier alpha value is -1.72. The predicted molar refractivity (Wildman–Crippen MR) is 127 cm³/mol. The van der Waals surface area contributed by atoms with Gasteiger partial charge in [-0.3, -0.25) is 19.2 Å². The minimum Gasteiger partial charge on any atom is -0.468 e. The molecule has 34 heavy (non-hydrogen) atoms. The number of esters is 2. The van der Waals surface area contributed by atoms with Crippen molar-refractivity contribution in [3.63, 3.8) is 0 Å². The fourth-order valence-corrected chi connectivity index (χ4v) is 9.01. The van der Waals surface area contributed by atoms with Crippen LogP contribution in [-0.4, -0.2) is 37.7 Å². The van der Waals surface area contributed by atoms with Gasteiger partial charge in [-0.15, -0.1) is 0 Å². The first kappa shape index (κ1) is 25.4. The first-order valence-electron chi connectivity index (χ1n) is 13.3. The highest BCUT2D eigenvalue weighted by Gasteiger charge is 2.64. The third-order valence-electron chi connectivity index (χ3n) is 10.9. The average Bonchev–Trinajstić information content (AvgIpc) is 3.16. The van der Waals surface area contributed by atoms with Crippen LogP contribution in [0.1, 0.15) is 85.0 Å². The van der Waals surface area contributed by atoms with Gasteiger partial charge in [0.25, 0.3) is 0 Å². The highest BCUT2D eigenvalue weighted by atomic mass is 16.5. The number of hydrogen-bond donors (Lipinski definition) is 0. The van der Waals surface area contributed by atoms with Crippen LogP contribution in [0, 0.1) is 52.3 Å². The molecule has 6 heteroatoms. The molecule has 0 aromatic heterocycles. The van der Waals surface area contributed by atoms with Crippen LogP contribution in [0.15, 0.2) is 0 Å². The molecule has 0 N–H and O–H groups in total. The van der Waals surface area contributed by atoms with Crippen LogP contribution in [-0.2, 0) is 28.7 Å². The maximum absolute atomic E-state index is 14.0.